The molecule has 0 saturated carbocycles. The summed E-state index contributed by atoms with van der Waals surface area (Å²) in [6.07, 6.45) is 3.43. The van der Waals surface area contributed by atoms with Crippen molar-refractivity contribution in [1.29, 1.82) is 0 Å². The number of unbranched alkanes of at least 4 members (excludes halogenated alkanes) is 1. The molecule has 10 N–H and O–H groups in total. The molecule has 0 bridgehead atoms. The first-order valence-electron chi connectivity index (χ1n) is 9.89. The Bertz CT molecular complexity index is 785. The molecule has 3 unspecified atom stereocenters. The molecule has 1 aromatic rings. The lowest BCUT2D eigenvalue weighted by Crippen LogP contribution is -2.54. The summed E-state index contributed by atoms with van der Waals surface area (Å²) in [6, 6.07) is -3.69. The van der Waals surface area contributed by atoms with E-state index in [1.807, 2.05) is 0 Å². The molecule has 1 rings (SSSR count). The van der Waals surface area contributed by atoms with Gasteiger partial charge in [0.05, 0.1) is 25.3 Å². The van der Waals surface area contributed by atoms with Crippen LogP contribution in [0.15, 0.2) is 12.5 Å². The lowest BCUT2D eigenvalue weighted by molar-refractivity contribution is -0.142. The van der Waals surface area contributed by atoms with Gasteiger partial charge in [-0.05, 0) is 25.8 Å². The van der Waals surface area contributed by atoms with E-state index in [0.29, 0.717) is 25.1 Å². The number of hydrogen-bond donors (Lipinski definition) is 8. The van der Waals surface area contributed by atoms with Gasteiger partial charge in [-0.2, -0.15) is 0 Å². The van der Waals surface area contributed by atoms with Crippen molar-refractivity contribution in [3.05, 3.63) is 18.2 Å². The lowest BCUT2D eigenvalue weighted by atomic mass is 10.1. The summed E-state index contributed by atoms with van der Waals surface area (Å²) in [5.74, 6) is -4.83. The van der Waals surface area contributed by atoms with Crippen LogP contribution < -0.4 is 27.4 Å². The van der Waals surface area contributed by atoms with Crippen molar-refractivity contribution in [1.82, 2.24) is 25.9 Å². The fourth-order valence-electron chi connectivity index (χ4n) is 2.67. The van der Waals surface area contributed by atoms with Gasteiger partial charge in [-0.25, -0.2) is 9.78 Å². The Morgan fingerprint density at radius 2 is 1.78 bits per heavy atom. The molecule has 0 radical (unpaired) electrons. The number of nitrogens with two attached hydrogens (primary N) is 2. The number of amides is 3. The normalized spacial score (nSPS) is 13.4. The van der Waals surface area contributed by atoms with Gasteiger partial charge in [-0.3, -0.25) is 19.2 Å². The number of carbonyl (C=O) groups is 5. The van der Waals surface area contributed by atoms with Crippen LogP contribution in [0.1, 0.15) is 31.4 Å². The van der Waals surface area contributed by atoms with E-state index in [-0.39, 0.29) is 12.8 Å². The molecular formula is C18H29N7O7. The summed E-state index contributed by atoms with van der Waals surface area (Å²) in [4.78, 5) is 65.4. The Kier molecular flexibility index (Phi) is 11.4. The zero-order valence-electron chi connectivity index (χ0n) is 17.4. The van der Waals surface area contributed by atoms with Gasteiger partial charge < -0.3 is 42.6 Å². The van der Waals surface area contributed by atoms with Crippen LogP contribution >= 0.6 is 0 Å². The van der Waals surface area contributed by atoms with Crippen LogP contribution in [0.2, 0.25) is 0 Å². The van der Waals surface area contributed by atoms with E-state index in [1.54, 1.807) is 0 Å². The standard InChI is InChI=1S/C18H29N7O7/c19-4-2-1-3-12(18(31)32)24-14(26)8-22-17(30)13(5-10-7-21-9-23-10)25-16(29)11(20)6-15(27)28/h7,9,11-13H,1-6,8,19-20H2,(H,21,23)(H,22,30)(H,24,26)(H,25,29)(H,27,28)(H,31,32). The zero-order valence-corrected chi connectivity index (χ0v) is 17.4. The molecule has 14 heteroatoms. The summed E-state index contributed by atoms with van der Waals surface area (Å²) >= 11 is 0. The van der Waals surface area contributed by atoms with E-state index in [4.69, 9.17) is 16.6 Å². The topological polar surface area (TPSA) is 243 Å². The molecule has 0 fully saturated rings. The molecule has 0 spiro atoms. The van der Waals surface area contributed by atoms with Crippen LogP contribution in [0.4, 0.5) is 0 Å². The molecule has 3 atom stereocenters. The van der Waals surface area contributed by atoms with E-state index >= 15 is 0 Å². The van der Waals surface area contributed by atoms with E-state index in [1.165, 1.54) is 12.5 Å². The van der Waals surface area contributed by atoms with Crippen molar-refractivity contribution in [3.63, 3.8) is 0 Å². The Morgan fingerprint density at radius 3 is 2.34 bits per heavy atom. The number of aromatic nitrogens is 2. The highest BCUT2D eigenvalue weighted by atomic mass is 16.4. The van der Waals surface area contributed by atoms with Gasteiger partial charge in [-0.15, -0.1) is 0 Å². The summed E-state index contributed by atoms with van der Waals surface area (Å²) in [5, 5.41) is 25.0. The highest BCUT2D eigenvalue weighted by Crippen LogP contribution is 2.02. The molecule has 3 amide bonds. The second kappa shape index (κ2) is 13.7. The maximum Gasteiger partial charge on any atom is 0.326 e. The van der Waals surface area contributed by atoms with Crippen molar-refractivity contribution >= 4 is 29.7 Å². The number of carboxylic acid groups (broad SMARTS) is 2. The van der Waals surface area contributed by atoms with Crippen molar-refractivity contribution in [2.24, 2.45) is 11.5 Å². The van der Waals surface area contributed by atoms with Crippen LogP contribution in [0.5, 0.6) is 0 Å². The van der Waals surface area contributed by atoms with Gasteiger partial charge in [0.2, 0.25) is 17.7 Å². The van der Waals surface area contributed by atoms with Crippen molar-refractivity contribution in [3.8, 4) is 0 Å². The molecule has 0 aromatic carbocycles. The molecule has 1 heterocycles. The van der Waals surface area contributed by atoms with Gasteiger partial charge in [0, 0.05) is 18.3 Å². The van der Waals surface area contributed by atoms with Crippen LogP contribution in [0.25, 0.3) is 0 Å². The zero-order chi connectivity index (χ0) is 24.1. The van der Waals surface area contributed by atoms with Crippen LogP contribution in [0.3, 0.4) is 0 Å². The molecule has 0 aliphatic rings. The lowest BCUT2D eigenvalue weighted by Gasteiger charge is -2.20. The second-order valence-corrected chi connectivity index (χ2v) is 7.01. The third-order valence-corrected chi connectivity index (χ3v) is 4.35. The summed E-state index contributed by atoms with van der Waals surface area (Å²) in [6.45, 7) is -0.133. The predicted molar refractivity (Wildman–Crippen MR) is 110 cm³/mol. The largest absolute Gasteiger partial charge is 0.481 e. The first-order valence-corrected chi connectivity index (χ1v) is 9.89. The van der Waals surface area contributed by atoms with E-state index in [9.17, 15) is 29.1 Å². The number of nitrogens with one attached hydrogen (secondary N) is 4. The number of hydrogen-bond acceptors (Lipinski definition) is 8. The summed E-state index contributed by atoms with van der Waals surface area (Å²) in [5.41, 5.74) is 11.4. The van der Waals surface area contributed by atoms with Gasteiger partial charge in [0.15, 0.2) is 0 Å². The molecule has 14 nitrogen and oxygen atoms in total. The third kappa shape index (κ3) is 9.99. The average molecular weight is 455 g/mol. The molecular weight excluding hydrogens is 426 g/mol. The number of imidazole rings is 1. The van der Waals surface area contributed by atoms with Crippen LogP contribution in [-0.2, 0) is 30.4 Å². The van der Waals surface area contributed by atoms with E-state index in [0.717, 1.165) is 0 Å². The predicted octanol–water partition coefficient (Wildman–Crippen LogP) is -2.95. The van der Waals surface area contributed by atoms with Gasteiger partial charge in [-0.1, -0.05) is 0 Å². The van der Waals surface area contributed by atoms with E-state index < -0.39 is 60.8 Å². The minimum atomic E-state index is -1.38. The third-order valence-electron chi connectivity index (χ3n) is 4.35. The summed E-state index contributed by atoms with van der Waals surface area (Å²) < 4.78 is 0. The first kappa shape index (κ1) is 26.5. The monoisotopic (exact) mass is 455 g/mol. The van der Waals surface area contributed by atoms with Crippen LogP contribution in [-0.4, -0.2) is 81.1 Å². The smallest absolute Gasteiger partial charge is 0.326 e. The van der Waals surface area contributed by atoms with Crippen molar-refractivity contribution < 1.29 is 34.2 Å². The van der Waals surface area contributed by atoms with Gasteiger partial charge in [0.25, 0.3) is 0 Å². The van der Waals surface area contributed by atoms with E-state index in [2.05, 4.69) is 25.9 Å². The Balaban J connectivity index is 2.69. The Hall–Kier alpha value is -3.52. The number of nitrogens with zero attached hydrogens (tertiary/aromatic N) is 1. The molecule has 32 heavy (non-hydrogen) atoms. The maximum absolute atomic E-state index is 12.6. The summed E-state index contributed by atoms with van der Waals surface area (Å²) in [7, 11) is 0. The Morgan fingerprint density at radius 1 is 1.06 bits per heavy atom. The number of carbonyl (C=O) groups excluding carboxylic acids is 3. The molecule has 0 saturated heterocycles. The fourth-order valence-corrected chi connectivity index (χ4v) is 2.67. The highest BCUT2D eigenvalue weighted by Gasteiger charge is 2.26. The number of carboxylic acids is 2. The van der Waals surface area contributed by atoms with Crippen LogP contribution in [0, 0.1) is 0 Å². The quantitative estimate of drug-likeness (QED) is 0.125. The number of aromatic amines is 1. The minimum absolute atomic E-state index is 0.0319. The number of rotatable bonds is 15. The fraction of sp³-hybridized carbons (Fsp3) is 0.556. The van der Waals surface area contributed by atoms with Gasteiger partial charge in [0.1, 0.15) is 12.1 Å². The molecule has 1 aromatic heterocycles. The average Bonchev–Trinajstić information content (AvgIpc) is 3.23. The molecule has 0 aliphatic heterocycles. The van der Waals surface area contributed by atoms with Crippen molar-refractivity contribution in [2.45, 2.75) is 50.2 Å². The van der Waals surface area contributed by atoms with Crippen molar-refractivity contribution in [2.75, 3.05) is 13.1 Å². The number of aliphatic carboxylic acids is 2. The molecule has 178 valence electrons. The first-order chi connectivity index (χ1) is 15.1. The maximum atomic E-state index is 12.6. The highest BCUT2D eigenvalue weighted by molar-refractivity contribution is 5.93. The molecule has 0 aliphatic carbocycles. The SMILES string of the molecule is NCCCCC(NC(=O)CNC(=O)C(Cc1cnc[nH]1)NC(=O)C(N)CC(=O)O)C(=O)O. The van der Waals surface area contributed by atoms with Gasteiger partial charge >= 0.3 is 11.9 Å². The number of H-pyrrole nitrogens is 1. The Labute approximate surface area is 183 Å². The second-order valence-electron chi connectivity index (χ2n) is 7.01. The minimum Gasteiger partial charge on any atom is -0.481 e.